The van der Waals surface area contributed by atoms with Crippen LogP contribution in [0.3, 0.4) is 0 Å². The van der Waals surface area contributed by atoms with Crippen LogP contribution in [0.4, 0.5) is 6.01 Å². The summed E-state index contributed by atoms with van der Waals surface area (Å²) in [6.07, 6.45) is 1.76. The van der Waals surface area contributed by atoms with Gasteiger partial charge in [-0.3, -0.25) is 4.90 Å². The minimum atomic E-state index is 0.626. The first-order chi connectivity index (χ1) is 8.70. The monoisotopic (exact) mass is 252 g/mol. The third kappa shape index (κ3) is 3.23. The van der Waals surface area contributed by atoms with Crippen molar-refractivity contribution in [2.45, 2.75) is 33.4 Å². The molecule has 1 aliphatic heterocycles. The second-order valence-electron chi connectivity index (χ2n) is 5.02. The van der Waals surface area contributed by atoms with Gasteiger partial charge in [0.05, 0.1) is 5.69 Å². The normalized spacial score (nSPS) is 17.7. The van der Waals surface area contributed by atoms with E-state index in [4.69, 9.17) is 4.42 Å². The molecule has 0 aromatic carbocycles. The average Bonchev–Trinajstić information content (AvgIpc) is 2.85. The predicted octanol–water partition coefficient (Wildman–Crippen LogP) is 1.31. The average molecular weight is 252 g/mol. The van der Waals surface area contributed by atoms with E-state index in [9.17, 15) is 0 Å². The molecular formula is C13H24N4O. The van der Waals surface area contributed by atoms with Crippen molar-refractivity contribution in [3.63, 3.8) is 0 Å². The summed E-state index contributed by atoms with van der Waals surface area (Å²) in [4.78, 5) is 9.24. The Morgan fingerprint density at radius 3 is 2.67 bits per heavy atom. The van der Waals surface area contributed by atoms with Crippen molar-refractivity contribution in [1.29, 1.82) is 0 Å². The first-order valence-corrected chi connectivity index (χ1v) is 6.84. The summed E-state index contributed by atoms with van der Waals surface area (Å²) in [5.41, 5.74) is 0.984. The molecule has 5 nitrogen and oxygen atoms in total. The van der Waals surface area contributed by atoms with Gasteiger partial charge in [0, 0.05) is 38.8 Å². The summed E-state index contributed by atoms with van der Waals surface area (Å²) in [7, 11) is 0. The molecule has 0 saturated carbocycles. The Balaban J connectivity index is 1.87. The van der Waals surface area contributed by atoms with E-state index in [-0.39, 0.29) is 0 Å². The fourth-order valence-electron chi connectivity index (χ4n) is 2.21. The Morgan fingerprint density at radius 2 is 2.06 bits per heavy atom. The van der Waals surface area contributed by atoms with Gasteiger partial charge in [0.15, 0.2) is 0 Å². The number of aromatic nitrogens is 1. The van der Waals surface area contributed by atoms with Gasteiger partial charge in [-0.25, -0.2) is 0 Å². The number of oxazole rings is 1. The molecule has 1 fully saturated rings. The van der Waals surface area contributed by atoms with E-state index >= 15 is 0 Å². The molecule has 1 aromatic rings. The maximum atomic E-state index is 5.55. The molecule has 0 bridgehead atoms. The number of nitrogens with one attached hydrogen (secondary N) is 1. The fraction of sp³-hybridized carbons (Fsp3) is 0.769. The molecule has 18 heavy (non-hydrogen) atoms. The van der Waals surface area contributed by atoms with Crippen LogP contribution in [-0.2, 0) is 6.54 Å². The Hall–Kier alpha value is -1.07. The highest BCUT2D eigenvalue weighted by Crippen LogP contribution is 2.16. The molecule has 0 amide bonds. The van der Waals surface area contributed by atoms with Gasteiger partial charge in [-0.2, -0.15) is 4.98 Å². The third-order valence-corrected chi connectivity index (χ3v) is 3.41. The quantitative estimate of drug-likeness (QED) is 0.856. The standard InChI is InChI=1S/C13H24N4O/c1-4-14-9-12-10-18-13(15-12)17-7-5-16(6-8-17)11(2)3/h10-11,14H,4-9H2,1-3H3. The van der Waals surface area contributed by atoms with Crippen LogP contribution in [0, 0.1) is 0 Å². The number of anilines is 1. The van der Waals surface area contributed by atoms with E-state index in [0.29, 0.717) is 6.04 Å². The maximum absolute atomic E-state index is 5.55. The molecule has 5 heteroatoms. The van der Waals surface area contributed by atoms with Crippen molar-refractivity contribution in [2.75, 3.05) is 37.6 Å². The zero-order valence-electron chi connectivity index (χ0n) is 11.6. The van der Waals surface area contributed by atoms with Gasteiger partial charge in [0.1, 0.15) is 6.26 Å². The molecule has 0 spiro atoms. The lowest BCUT2D eigenvalue weighted by atomic mass is 10.2. The zero-order chi connectivity index (χ0) is 13.0. The van der Waals surface area contributed by atoms with Crippen molar-refractivity contribution >= 4 is 6.01 Å². The molecular weight excluding hydrogens is 228 g/mol. The summed E-state index contributed by atoms with van der Waals surface area (Å²) in [5.74, 6) is 0. The largest absolute Gasteiger partial charge is 0.432 e. The number of hydrogen-bond acceptors (Lipinski definition) is 5. The Labute approximate surface area is 109 Å². The summed E-state index contributed by atoms with van der Waals surface area (Å²) >= 11 is 0. The molecule has 0 radical (unpaired) electrons. The number of piperazine rings is 1. The van der Waals surface area contributed by atoms with Gasteiger partial charge in [-0.05, 0) is 20.4 Å². The molecule has 1 aliphatic rings. The fourth-order valence-corrected chi connectivity index (χ4v) is 2.21. The van der Waals surface area contributed by atoms with E-state index in [0.717, 1.165) is 51.0 Å². The molecule has 1 N–H and O–H groups in total. The van der Waals surface area contributed by atoms with Crippen LogP contribution in [0.5, 0.6) is 0 Å². The van der Waals surface area contributed by atoms with Crippen LogP contribution in [0.1, 0.15) is 26.5 Å². The van der Waals surface area contributed by atoms with Gasteiger partial charge in [-0.15, -0.1) is 0 Å². The van der Waals surface area contributed by atoms with Crippen LogP contribution in [0.25, 0.3) is 0 Å². The van der Waals surface area contributed by atoms with Gasteiger partial charge in [0.25, 0.3) is 6.01 Å². The summed E-state index contributed by atoms with van der Waals surface area (Å²) in [6.45, 7) is 12.5. The molecule has 1 saturated heterocycles. The first-order valence-electron chi connectivity index (χ1n) is 6.84. The molecule has 1 aromatic heterocycles. The number of nitrogens with zero attached hydrogens (tertiary/aromatic N) is 3. The van der Waals surface area contributed by atoms with Crippen LogP contribution >= 0.6 is 0 Å². The van der Waals surface area contributed by atoms with Gasteiger partial charge in [0.2, 0.25) is 0 Å². The second kappa shape index (κ2) is 6.20. The minimum absolute atomic E-state index is 0.626. The predicted molar refractivity (Wildman–Crippen MR) is 72.8 cm³/mol. The summed E-state index contributed by atoms with van der Waals surface area (Å²) in [6, 6.07) is 1.40. The summed E-state index contributed by atoms with van der Waals surface area (Å²) in [5, 5.41) is 3.25. The van der Waals surface area contributed by atoms with Crippen molar-refractivity contribution < 1.29 is 4.42 Å². The highest BCUT2D eigenvalue weighted by Gasteiger charge is 2.21. The first kappa shape index (κ1) is 13.4. The molecule has 0 unspecified atom stereocenters. The third-order valence-electron chi connectivity index (χ3n) is 3.41. The Bertz CT molecular complexity index is 356. The maximum Gasteiger partial charge on any atom is 0.297 e. The molecule has 2 heterocycles. The smallest absolute Gasteiger partial charge is 0.297 e. The summed E-state index contributed by atoms with van der Waals surface area (Å²) < 4.78 is 5.55. The van der Waals surface area contributed by atoms with Gasteiger partial charge >= 0.3 is 0 Å². The molecule has 102 valence electrons. The van der Waals surface area contributed by atoms with E-state index < -0.39 is 0 Å². The van der Waals surface area contributed by atoms with Crippen LogP contribution in [0.2, 0.25) is 0 Å². The van der Waals surface area contributed by atoms with Crippen LogP contribution in [-0.4, -0.2) is 48.6 Å². The minimum Gasteiger partial charge on any atom is -0.432 e. The molecule has 0 atom stereocenters. The SMILES string of the molecule is CCNCc1coc(N2CCN(C(C)C)CC2)n1. The van der Waals surface area contributed by atoms with Gasteiger partial charge in [-0.1, -0.05) is 6.92 Å². The Morgan fingerprint density at radius 1 is 1.33 bits per heavy atom. The number of rotatable bonds is 5. The van der Waals surface area contributed by atoms with Crippen LogP contribution in [0.15, 0.2) is 10.7 Å². The lowest BCUT2D eigenvalue weighted by Crippen LogP contribution is -2.49. The van der Waals surface area contributed by atoms with Crippen molar-refractivity contribution in [3.8, 4) is 0 Å². The lowest BCUT2D eigenvalue weighted by molar-refractivity contribution is 0.206. The van der Waals surface area contributed by atoms with E-state index in [1.807, 2.05) is 0 Å². The van der Waals surface area contributed by atoms with Crippen molar-refractivity contribution in [3.05, 3.63) is 12.0 Å². The highest BCUT2D eigenvalue weighted by atomic mass is 16.4. The van der Waals surface area contributed by atoms with E-state index in [2.05, 4.69) is 40.9 Å². The van der Waals surface area contributed by atoms with E-state index in [1.165, 1.54) is 0 Å². The molecule has 2 rings (SSSR count). The topological polar surface area (TPSA) is 44.5 Å². The Kier molecular flexibility index (Phi) is 4.60. The second-order valence-corrected chi connectivity index (χ2v) is 5.02. The lowest BCUT2D eigenvalue weighted by Gasteiger charge is -2.36. The zero-order valence-corrected chi connectivity index (χ0v) is 11.6. The molecule has 0 aliphatic carbocycles. The van der Waals surface area contributed by atoms with E-state index in [1.54, 1.807) is 6.26 Å². The van der Waals surface area contributed by atoms with Crippen molar-refractivity contribution in [2.24, 2.45) is 0 Å². The van der Waals surface area contributed by atoms with Crippen molar-refractivity contribution in [1.82, 2.24) is 15.2 Å². The number of hydrogen-bond donors (Lipinski definition) is 1. The van der Waals surface area contributed by atoms with Gasteiger partial charge < -0.3 is 14.6 Å². The highest BCUT2D eigenvalue weighted by molar-refractivity contribution is 5.28. The van der Waals surface area contributed by atoms with Crippen LogP contribution < -0.4 is 10.2 Å².